The van der Waals surface area contributed by atoms with Crippen molar-refractivity contribution >= 4 is 16.9 Å². The molecule has 1 N–H and O–H groups in total. The van der Waals surface area contributed by atoms with Crippen molar-refractivity contribution in [1.82, 2.24) is 29.9 Å². The van der Waals surface area contributed by atoms with E-state index < -0.39 is 0 Å². The van der Waals surface area contributed by atoms with E-state index in [2.05, 4.69) is 27.6 Å². The van der Waals surface area contributed by atoms with Crippen LogP contribution in [0.1, 0.15) is 44.3 Å². The molecule has 30 heavy (non-hydrogen) atoms. The molecule has 0 radical (unpaired) electrons. The first kappa shape index (κ1) is 19.8. The average molecular weight is 403 g/mol. The Balaban J connectivity index is 1.67. The van der Waals surface area contributed by atoms with Crippen LogP contribution in [0, 0.1) is 27.7 Å². The molecule has 3 heterocycles. The molecule has 0 aliphatic heterocycles. The Morgan fingerprint density at radius 3 is 2.43 bits per heavy atom. The summed E-state index contributed by atoms with van der Waals surface area (Å²) in [7, 11) is 1.91. The zero-order valence-corrected chi connectivity index (χ0v) is 18.0. The van der Waals surface area contributed by atoms with Crippen LogP contribution in [-0.2, 0) is 20.1 Å². The van der Waals surface area contributed by atoms with Gasteiger partial charge in [-0.15, -0.1) is 0 Å². The van der Waals surface area contributed by atoms with Gasteiger partial charge in [0, 0.05) is 30.5 Å². The van der Waals surface area contributed by atoms with Crippen molar-refractivity contribution in [3.05, 3.63) is 75.9 Å². The number of hydrogen-bond acceptors (Lipinski definition) is 4. The summed E-state index contributed by atoms with van der Waals surface area (Å²) in [5, 5.41) is 13.0. The van der Waals surface area contributed by atoms with E-state index in [9.17, 15) is 4.79 Å². The fraction of sp³-hybridized carbons (Fsp3) is 0.304. The summed E-state index contributed by atoms with van der Waals surface area (Å²) in [5.74, 6) is -0.129. The molecule has 0 aliphatic rings. The van der Waals surface area contributed by atoms with Gasteiger partial charge in [0.25, 0.3) is 5.91 Å². The lowest BCUT2D eigenvalue weighted by molar-refractivity contribution is 0.0952. The highest BCUT2D eigenvalue weighted by atomic mass is 16.1. The third-order valence-electron chi connectivity index (χ3n) is 5.51. The maximum atomic E-state index is 13.1. The lowest BCUT2D eigenvalue weighted by Gasteiger charge is -2.09. The van der Waals surface area contributed by atoms with Gasteiger partial charge in [0.15, 0.2) is 5.65 Å². The van der Waals surface area contributed by atoms with E-state index in [-0.39, 0.29) is 5.91 Å². The Labute approximate surface area is 175 Å². The highest BCUT2D eigenvalue weighted by Gasteiger charge is 2.20. The number of fused-ring (bicyclic) bond motifs is 1. The first-order valence-electron chi connectivity index (χ1n) is 10.0. The molecule has 1 amide bonds. The summed E-state index contributed by atoms with van der Waals surface area (Å²) < 4.78 is 3.71. The van der Waals surface area contributed by atoms with Crippen molar-refractivity contribution in [2.24, 2.45) is 7.05 Å². The van der Waals surface area contributed by atoms with Gasteiger partial charge in [-0.25, -0.2) is 9.67 Å². The Bertz CT molecular complexity index is 1240. The average Bonchev–Trinajstić information content (AvgIpc) is 3.15. The number of amides is 1. The van der Waals surface area contributed by atoms with Gasteiger partial charge in [-0.2, -0.15) is 10.2 Å². The van der Waals surface area contributed by atoms with Gasteiger partial charge in [-0.1, -0.05) is 30.3 Å². The Hall–Kier alpha value is -3.48. The van der Waals surface area contributed by atoms with E-state index in [1.54, 1.807) is 0 Å². The van der Waals surface area contributed by atoms with E-state index in [1.165, 1.54) is 0 Å². The van der Waals surface area contributed by atoms with E-state index in [0.29, 0.717) is 18.7 Å². The molecule has 0 saturated heterocycles. The first-order chi connectivity index (χ1) is 14.3. The van der Waals surface area contributed by atoms with Crippen LogP contribution in [0.4, 0.5) is 0 Å². The number of benzene rings is 1. The van der Waals surface area contributed by atoms with Gasteiger partial charge in [-0.3, -0.25) is 9.48 Å². The molecule has 0 spiro atoms. The van der Waals surface area contributed by atoms with Crippen molar-refractivity contribution in [2.75, 3.05) is 0 Å². The first-order valence-corrected chi connectivity index (χ1v) is 10.0. The molecule has 7 nitrogen and oxygen atoms in total. The predicted molar refractivity (Wildman–Crippen MR) is 116 cm³/mol. The van der Waals surface area contributed by atoms with Crippen LogP contribution in [-0.4, -0.2) is 30.5 Å². The summed E-state index contributed by atoms with van der Waals surface area (Å²) >= 11 is 0. The maximum Gasteiger partial charge on any atom is 0.252 e. The fourth-order valence-corrected chi connectivity index (χ4v) is 3.86. The topological polar surface area (TPSA) is 77.6 Å². The van der Waals surface area contributed by atoms with E-state index >= 15 is 0 Å². The second kappa shape index (κ2) is 7.74. The smallest absolute Gasteiger partial charge is 0.252 e. The minimum atomic E-state index is -0.129. The molecule has 1 aromatic carbocycles. The van der Waals surface area contributed by atoms with Crippen LogP contribution in [0.25, 0.3) is 11.0 Å². The summed E-state index contributed by atoms with van der Waals surface area (Å²) in [5.41, 5.74) is 7.09. The third-order valence-corrected chi connectivity index (χ3v) is 5.51. The molecular formula is C23H26N6O. The summed E-state index contributed by atoms with van der Waals surface area (Å²) in [4.78, 5) is 17.8. The predicted octanol–water partition coefficient (Wildman–Crippen LogP) is 3.38. The van der Waals surface area contributed by atoms with Gasteiger partial charge in [0.1, 0.15) is 0 Å². The van der Waals surface area contributed by atoms with Crippen LogP contribution >= 0.6 is 0 Å². The van der Waals surface area contributed by atoms with Gasteiger partial charge in [-0.05, 0) is 39.3 Å². The number of aryl methyl sites for hydroxylation is 4. The highest BCUT2D eigenvalue weighted by Crippen LogP contribution is 2.23. The molecule has 0 aliphatic carbocycles. The number of nitrogens with one attached hydrogen (secondary N) is 1. The van der Waals surface area contributed by atoms with Crippen LogP contribution in [0.2, 0.25) is 0 Å². The number of hydrogen-bond donors (Lipinski definition) is 1. The standard InChI is InChI=1S/C23H26N6O/c1-14-11-19(23(30)24-12-20-15(2)26-28(5)17(20)4)21-16(3)27-29(22(21)25-14)13-18-9-7-6-8-10-18/h6-11H,12-13H2,1-5H3,(H,24,30). The van der Waals surface area contributed by atoms with Crippen molar-refractivity contribution in [3.63, 3.8) is 0 Å². The molecule has 0 bridgehead atoms. The lowest BCUT2D eigenvalue weighted by Crippen LogP contribution is -2.24. The summed E-state index contributed by atoms with van der Waals surface area (Å²) in [6, 6.07) is 12.0. The molecule has 3 aromatic heterocycles. The zero-order chi connectivity index (χ0) is 21.4. The number of rotatable bonds is 5. The number of nitrogens with zero attached hydrogens (tertiary/aromatic N) is 5. The highest BCUT2D eigenvalue weighted by molar-refractivity contribution is 6.06. The molecule has 0 unspecified atom stereocenters. The van der Waals surface area contributed by atoms with Gasteiger partial charge in [0.2, 0.25) is 0 Å². The second-order valence-electron chi connectivity index (χ2n) is 7.69. The largest absolute Gasteiger partial charge is 0.348 e. The van der Waals surface area contributed by atoms with Crippen LogP contribution in [0.15, 0.2) is 36.4 Å². The van der Waals surface area contributed by atoms with Gasteiger partial charge < -0.3 is 5.32 Å². The molecule has 4 rings (SSSR count). The quantitative estimate of drug-likeness (QED) is 0.555. The minimum absolute atomic E-state index is 0.129. The number of carbonyl (C=O) groups excluding carboxylic acids is 1. The zero-order valence-electron chi connectivity index (χ0n) is 18.0. The molecule has 4 aromatic rings. The van der Waals surface area contributed by atoms with Crippen LogP contribution in [0.5, 0.6) is 0 Å². The molecule has 0 fully saturated rings. The number of carbonyl (C=O) groups is 1. The van der Waals surface area contributed by atoms with E-state index in [1.807, 2.05) is 68.4 Å². The van der Waals surface area contributed by atoms with E-state index in [4.69, 9.17) is 4.98 Å². The summed E-state index contributed by atoms with van der Waals surface area (Å²) in [6.07, 6.45) is 0. The SMILES string of the molecule is Cc1cc(C(=O)NCc2c(C)nn(C)c2C)c2c(C)nn(Cc3ccccc3)c2n1. The molecule has 0 atom stereocenters. The fourth-order valence-electron chi connectivity index (χ4n) is 3.86. The Morgan fingerprint density at radius 1 is 1.03 bits per heavy atom. The Kier molecular flexibility index (Phi) is 5.11. The monoisotopic (exact) mass is 402 g/mol. The maximum absolute atomic E-state index is 13.1. The lowest BCUT2D eigenvalue weighted by atomic mass is 10.1. The molecule has 7 heteroatoms. The van der Waals surface area contributed by atoms with Gasteiger partial charge >= 0.3 is 0 Å². The van der Waals surface area contributed by atoms with Crippen molar-refractivity contribution in [2.45, 2.75) is 40.8 Å². The van der Waals surface area contributed by atoms with Crippen molar-refractivity contribution in [1.29, 1.82) is 0 Å². The van der Waals surface area contributed by atoms with Gasteiger partial charge in [0.05, 0.1) is 28.9 Å². The van der Waals surface area contributed by atoms with Crippen LogP contribution < -0.4 is 5.32 Å². The number of aromatic nitrogens is 5. The number of pyridine rings is 1. The second-order valence-corrected chi connectivity index (χ2v) is 7.69. The minimum Gasteiger partial charge on any atom is -0.348 e. The molecule has 154 valence electrons. The molecular weight excluding hydrogens is 376 g/mol. The van der Waals surface area contributed by atoms with E-state index in [0.717, 1.165) is 44.9 Å². The normalized spacial score (nSPS) is 11.2. The van der Waals surface area contributed by atoms with Crippen molar-refractivity contribution < 1.29 is 4.79 Å². The van der Waals surface area contributed by atoms with Crippen molar-refractivity contribution in [3.8, 4) is 0 Å². The van der Waals surface area contributed by atoms with Crippen LogP contribution in [0.3, 0.4) is 0 Å². The summed E-state index contributed by atoms with van der Waals surface area (Å²) in [6.45, 7) is 8.84. The Morgan fingerprint density at radius 2 is 1.77 bits per heavy atom. The molecule has 0 saturated carbocycles. The third kappa shape index (κ3) is 3.58.